The summed E-state index contributed by atoms with van der Waals surface area (Å²) in [5, 5.41) is 5.44. The molecule has 1 aromatic carbocycles. The highest BCUT2D eigenvalue weighted by molar-refractivity contribution is 7.13. The molecule has 0 aliphatic carbocycles. The van der Waals surface area contributed by atoms with Crippen molar-refractivity contribution in [3.05, 3.63) is 29.3 Å². The second-order valence-corrected chi connectivity index (χ2v) is 7.57. The molecule has 0 unspecified atom stereocenters. The van der Waals surface area contributed by atoms with E-state index in [1.807, 2.05) is 18.2 Å². The molecule has 2 rings (SSSR count). The minimum atomic E-state index is -0.139. The molecule has 1 heterocycles. The smallest absolute Gasteiger partial charge is 0.270 e. The number of nitrogens with zero attached hydrogens (tertiary/aromatic N) is 1. The minimum absolute atomic E-state index is 0.139. The maximum Gasteiger partial charge on any atom is 0.270 e. The van der Waals surface area contributed by atoms with E-state index in [2.05, 4.69) is 38.0 Å². The van der Waals surface area contributed by atoms with Gasteiger partial charge in [-0.2, -0.15) is 0 Å². The van der Waals surface area contributed by atoms with Crippen molar-refractivity contribution in [2.45, 2.75) is 27.7 Å². The monoisotopic (exact) mass is 362 g/mol. The van der Waals surface area contributed by atoms with Crippen LogP contribution in [0.3, 0.4) is 0 Å². The van der Waals surface area contributed by atoms with Gasteiger partial charge in [-0.1, -0.05) is 27.7 Å². The van der Waals surface area contributed by atoms with Crippen molar-refractivity contribution >= 4 is 17.2 Å². The molecule has 6 heteroatoms. The van der Waals surface area contributed by atoms with Gasteiger partial charge in [-0.25, -0.2) is 4.98 Å². The Morgan fingerprint density at radius 1 is 1.20 bits per heavy atom. The predicted molar refractivity (Wildman–Crippen MR) is 102 cm³/mol. The third kappa shape index (κ3) is 5.46. The lowest BCUT2D eigenvalue weighted by Gasteiger charge is -2.13. The van der Waals surface area contributed by atoms with Gasteiger partial charge in [-0.3, -0.25) is 4.79 Å². The summed E-state index contributed by atoms with van der Waals surface area (Å²) in [5.74, 6) is 2.09. The maximum absolute atomic E-state index is 12.1. The molecule has 1 amide bonds. The molecule has 136 valence electrons. The Kier molecular flexibility index (Phi) is 6.82. The van der Waals surface area contributed by atoms with Gasteiger partial charge in [0.2, 0.25) is 0 Å². The first-order chi connectivity index (χ1) is 11.9. The van der Waals surface area contributed by atoms with E-state index < -0.39 is 0 Å². The van der Waals surface area contributed by atoms with E-state index in [-0.39, 0.29) is 5.91 Å². The number of ether oxygens (including phenoxy) is 2. The summed E-state index contributed by atoms with van der Waals surface area (Å²) < 4.78 is 11.2. The number of thiazole rings is 1. The number of rotatable bonds is 8. The standard InChI is InChI=1S/C19H26N2O3S/c1-12(2)9-20-18(22)15-11-25-19(21-15)14-6-7-16(17(8-14)23-5)24-10-13(3)4/h6-8,11-13H,9-10H2,1-5H3,(H,20,22). The van der Waals surface area contributed by atoms with E-state index in [0.29, 0.717) is 42.2 Å². The van der Waals surface area contributed by atoms with Crippen molar-refractivity contribution in [1.29, 1.82) is 0 Å². The maximum atomic E-state index is 12.1. The first-order valence-electron chi connectivity index (χ1n) is 8.45. The molecule has 1 N–H and O–H groups in total. The average Bonchev–Trinajstić information content (AvgIpc) is 3.07. The van der Waals surface area contributed by atoms with Crippen LogP contribution in [0.25, 0.3) is 10.6 Å². The van der Waals surface area contributed by atoms with Crippen LogP contribution in [0.2, 0.25) is 0 Å². The van der Waals surface area contributed by atoms with Crippen LogP contribution in [-0.2, 0) is 0 Å². The fourth-order valence-corrected chi connectivity index (χ4v) is 2.87. The molecular formula is C19H26N2O3S. The molecule has 0 radical (unpaired) electrons. The van der Waals surface area contributed by atoms with Crippen LogP contribution in [0.4, 0.5) is 0 Å². The first kappa shape index (κ1) is 19.2. The summed E-state index contributed by atoms with van der Waals surface area (Å²) in [6.45, 7) is 9.59. The van der Waals surface area contributed by atoms with Crippen molar-refractivity contribution in [2.24, 2.45) is 11.8 Å². The number of methoxy groups -OCH3 is 1. The summed E-state index contributed by atoms with van der Waals surface area (Å²) in [4.78, 5) is 16.6. The van der Waals surface area contributed by atoms with Crippen LogP contribution >= 0.6 is 11.3 Å². The Morgan fingerprint density at radius 3 is 2.60 bits per heavy atom. The normalized spacial score (nSPS) is 11.0. The van der Waals surface area contributed by atoms with E-state index in [9.17, 15) is 4.79 Å². The fraction of sp³-hybridized carbons (Fsp3) is 0.474. The largest absolute Gasteiger partial charge is 0.493 e. The minimum Gasteiger partial charge on any atom is -0.493 e. The molecule has 5 nitrogen and oxygen atoms in total. The Hall–Kier alpha value is -2.08. The van der Waals surface area contributed by atoms with E-state index in [0.717, 1.165) is 10.6 Å². The topological polar surface area (TPSA) is 60.5 Å². The highest BCUT2D eigenvalue weighted by atomic mass is 32.1. The highest BCUT2D eigenvalue weighted by Gasteiger charge is 2.14. The number of amides is 1. The van der Waals surface area contributed by atoms with Crippen LogP contribution < -0.4 is 14.8 Å². The zero-order valence-corrected chi connectivity index (χ0v) is 16.3. The summed E-state index contributed by atoms with van der Waals surface area (Å²) in [6, 6.07) is 5.72. The second kappa shape index (κ2) is 8.85. The third-order valence-electron chi connectivity index (χ3n) is 3.39. The number of hydrogen-bond donors (Lipinski definition) is 1. The molecule has 1 aromatic heterocycles. The molecule has 0 saturated carbocycles. The van der Waals surface area contributed by atoms with Gasteiger partial charge in [0.1, 0.15) is 10.7 Å². The van der Waals surface area contributed by atoms with Gasteiger partial charge in [0, 0.05) is 17.5 Å². The summed E-state index contributed by atoms with van der Waals surface area (Å²) >= 11 is 1.44. The molecule has 0 bridgehead atoms. The van der Waals surface area contributed by atoms with E-state index in [4.69, 9.17) is 9.47 Å². The number of hydrogen-bond acceptors (Lipinski definition) is 5. The van der Waals surface area contributed by atoms with Crippen LogP contribution in [0, 0.1) is 11.8 Å². The quantitative estimate of drug-likeness (QED) is 0.763. The second-order valence-electron chi connectivity index (χ2n) is 6.71. The molecule has 0 aliphatic heterocycles. The summed E-state index contributed by atoms with van der Waals surface area (Å²) in [6.07, 6.45) is 0. The van der Waals surface area contributed by atoms with Crippen molar-refractivity contribution in [2.75, 3.05) is 20.3 Å². The first-order valence-corrected chi connectivity index (χ1v) is 9.33. The molecular weight excluding hydrogens is 336 g/mol. The van der Waals surface area contributed by atoms with Crippen LogP contribution in [0.1, 0.15) is 38.2 Å². The molecule has 25 heavy (non-hydrogen) atoms. The Labute approximate surface area is 153 Å². The van der Waals surface area contributed by atoms with Crippen molar-refractivity contribution in [3.8, 4) is 22.1 Å². The van der Waals surface area contributed by atoms with Crippen LogP contribution in [0.5, 0.6) is 11.5 Å². The van der Waals surface area contributed by atoms with E-state index in [1.54, 1.807) is 12.5 Å². The van der Waals surface area contributed by atoms with Crippen LogP contribution in [0.15, 0.2) is 23.6 Å². The predicted octanol–water partition coefficient (Wildman–Crippen LogP) is 4.24. The fourth-order valence-electron chi connectivity index (χ4n) is 2.07. The SMILES string of the molecule is COc1cc(-c2nc(C(=O)NCC(C)C)cs2)ccc1OCC(C)C. The van der Waals surface area contributed by atoms with Crippen LogP contribution in [-0.4, -0.2) is 31.2 Å². The number of carbonyl (C=O) groups excluding carboxylic acids is 1. The Balaban J connectivity index is 2.15. The van der Waals surface area contributed by atoms with Gasteiger partial charge in [-0.15, -0.1) is 11.3 Å². The van der Waals surface area contributed by atoms with Crippen molar-refractivity contribution in [1.82, 2.24) is 10.3 Å². The molecule has 0 fully saturated rings. The zero-order valence-electron chi connectivity index (χ0n) is 15.5. The Bertz CT molecular complexity index is 710. The zero-order chi connectivity index (χ0) is 18.4. The average molecular weight is 362 g/mol. The number of nitrogens with one attached hydrogen (secondary N) is 1. The molecule has 0 atom stereocenters. The molecule has 2 aromatic rings. The van der Waals surface area contributed by atoms with Gasteiger partial charge in [-0.05, 0) is 30.0 Å². The van der Waals surface area contributed by atoms with Gasteiger partial charge < -0.3 is 14.8 Å². The van der Waals surface area contributed by atoms with Crippen molar-refractivity contribution in [3.63, 3.8) is 0 Å². The van der Waals surface area contributed by atoms with Gasteiger partial charge in [0.05, 0.1) is 13.7 Å². The lowest BCUT2D eigenvalue weighted by molar-refractivity contribution is 0.0945. The van der Waals surface area contributed by atoms with Gasteiger partial charge >= 0.3 is 0 Å². The van der Waals surface area contributed by atoms with E-state index in [1.165, 1.54) is 11.3 Å². The number of aromatic nitrogens is 1. The van der Waals surface area contributed by atoms with Gasteiger partial charge in [0.25, 0.3) is 5.91 Å². The lowest BCUT2D eigenvalue weighted by Crippen LogP contribution is -2.27. The highest BCUT2D eigenvalue weighted by Crippen LogP contribution is 2.34. The van der Waals surface area contributed by atoms with Gasteiger partial charge in [0.15, 0.2) is 11.5 Å². The molecule has 0 spiro atoms. The Morgan fingerprint density at radius 2 is 1.96 bits per heavy atom. The lowest BCUT2D eigenvalue weighted by atomic mass is 10.2. The number of carbonyl (C=O) groups is 1. The van der Waals surface area contributed by atoms with Crippen molar-refractivity contribution < 1.29 is 14.3 Å². The number of benzene rings is 1. The summed E-state index contributed by atoms with van der Waals surface area (Å²) in [7, 11) is 1.62. The molecule has 0 aliphatic rings. The van der Waals surface area contributed by atoms with E-state index >= 15 is 0 Å². The third-order valence-corrected chi connectivity index (χ3v) is 4.28. The molecule has 0 saturated heterocycles. The summed E-state index contributed by atoms with van der Waals surface area (Å²) in [5.41, 5.74) is 1.35.